The third-order valence-electron chi connectivity index (χ3n) is 13.0. The van der Waals surface area contributed by atoms with Gasteiger partial charge in [0, 0.05) is 32.8 Å². The Kier molecular flexibility index (Phi) is 11.2. The number of benzene rings is 8. The van der Waals surface area contributed by atoms with Crippen molar-refractivity contribution in [2.45, 2.75) is 0 Å². The molecule has 2 heterocycles. The average molecular weight is 811 g/mol. The number of fused-ring (bicyclic) bond motifs is 6. The van der Waals surface area contributed by atoms with Crippen LogP contribution in [0.15, 0.2) is 59.0 Å². The van der Waals surface area contributed by atoms with E-state index in [1.165, 1.54) is 0 Å². The van der Waals surface area contributed by atoms with E-state index < -0.39 is 0 Å². The lowest BCUT2D eigenvalue weighted by atomic mass is 9.56. The van der Waals surface area contributed by atoms with Gasteiger partial charge in [-0.3, -0.25) is 0 Å². The fraction of sp³-hybridized carbons (Fsp3) is 0. The third-order valence-corrected chi connectivity index (χ3v) is 13.0. The molecule has 0 fully saturated rings. The fourth-order valence-electron chi connectivity index (χ4n) is 9.48. The van der Waals surface area contributed by atoms with Crippen molar-refractivity contribution in [3.63, 3.8) is 0 Å². The van der Waals surface area contributed by atoms with Gasteiger partial charge in [0.15, 0.2) is 5.82 Å². The number of furan rings is 1. The number of hydrogen-bond acceptors (Lipinski definition) is 3. The van der Waals surface area contributed by atoms with Crippen LogP contribution in [0.4, 0.5) is 0 Å². The molecule has 2 aromatic heterocycles. The Bertz CT molecular complexity index is 3930. The van der Waals surface area contributed by atoms with Crippen LogP contribution >= 0.6 is 0 Å². The maximum atomic E-state index is 7.23. The molecule has 10 aromatic rings. The Hall–Kier alpha value is -5.35. The third kappa shape index (κ3) is 6.26. The second kappa shape index (κ2) is 16.4. The van der Waals surface area contributed by atoms with Crippen LogP contribution in [0, 0.1) is 0 Å². The Morgan fingerprint density at radius 2 is 0.691 bits per heavy atom. The fourth-order valence-corrected chi connectivity index (χ4v) is 9.48. The smallest absolute Gasteiger partial charge is 0.160 e. The Balaban J connectivity index is 1.39. The Labute approximate surface area is 418 Å². The van der Waals surface area contributed by atoms with Crippen LogP contribution in [0.5, 0.6) is 0 Å². The van der Waals surface area contributed by atoms with E-state index >= 15 is 0 Å². The SMILES string of the molecule is [B]c1c([B])c(-c2c([B])c([B])c([B])c3c([B])c([B])c([B])c([B])c23)c([B])c([B])c1-c1c([B])c([B])c(-c2nc(-c3ccccc3)c3ccccc3n2)c2c1oc1c([B])c3c([B])c([B])c([B])c([B])c3c([B])c12. The molecule has 0 saturated carbocycles. The molecular formula is C46H9B19N2O. The molecule has 0 N–H and O–H groups in total. The summed E-state index contributed by atoms with van der Waals surface area (Å²) in [6.45, 7) is 0. The van der Waals surface area contributed by atoms with Gasteiger partial charge in [0.2, 0.25) is 0 Å². The Morgan fingerprint density at radius 1 is 0.279 bits per heavy atom. The van der Waals surface area contributed by atoms with E-state index in [1.807, 2.05) is 54.6 Å². The average Bonchev–Trinajstić information content (AvgIpc) is 3.73. The first-order valence-electron chi connectivity index (χ1n) is 20.5. The molecule has 0 unspecified atom stereocenters. The number of para-hydroxylation sites is 1. The maximum absolute atomic E-state index is 7.23. The molecule has 0 atom stereocenters. The number of hydrogen-bond donors (Lipinski definition) is 0. The zero-order chi connectivity index (χ0) is 48.8. The highest BCUT2D eigenvalue weighted by atomic mass is 16.3. The molecule has 68 heavy (non-hydrogen) atoms. The lowest BCUT2D eigenvalue weighted by molar-refractivity contribution is 0.673. The van der Waals surface area contributed by atoms with Crippen molar-refractivity contribution >= 4 is 307 Å². The standard InChI is InChI=1S/C46H9B19N2O/c47-24-18-19(34(57)42(65)41(64)33(18)56)37(60)45-21(24)15-23(46-66-12-9-5-4-8-11(12)43(67-46)10-6-2-1-3-7-10)36(59)35(58)22(44(15)68-45)20-29(52)27(50)16(28(51)30(20)53)13-14-17(31(54)38(61)25(13)48)32(55)40(63)39(62)26(14)49/h1-9H. The first kappa shape index (κ1) is 46.4. The van der Waals surface area contributed by atoms with Gasteiger partial charge >= 0.3 is 0 Å². The largest absolute Gasteiger partial charge is 0.456 e. The summed E-state index contributed by atoms with van der Waals surface area (Å²) in [6.07, 6.45) is 0. The van der Waals surface area contributed by atoms with Gasteiger partial charge in [0.1, 0.15) is 160 Å². The van der Waals surface area contributed by atoms with Crippen molar-refractivity contribution in [3.8, 4) is 44.9 Å². The van der Waals surface area contributed by atoms with Gasteiger partial charge < -0.3 is 4.42 Å². The minimum Gasteiger partial charge on any atom is -0.456 e. The van der Waals surface area contributed by atoms with Crippen LogP contribution in [-0.4, -0.2) is 159 Å². The van der Waals surface area contributed by atoms with E-state index in [1.54, 1.807) is 0 Å². The van der Waals surface area contributed by atoms with Crippen molar-refractivity contribution in [1.29, 1.82) is 0 Å². The van der Waals surface area contributed by atoms with E-state index in [2.05, 4.69) is 0 Å². The second-order valence-electron chi connectivity index (χ2n) is 16.5. The van der Waals surface area contributed by atoms with E-state index in [-0.39, 0.29) is 181 Å². The molecule has 10 rings (SSSR count). The minimum absolute atomic E-state index is 0.00146. The minimum atomic E-state index is -0.168. The zero-order valence-corrected chi connectivity index (χ0v) is 36.0. The van der Waals surface area contributed by atoms with Gasteiger partial charge in [0.25, 0.3) is 0 Å². The molecule has 0 aliphatic rings. The summed E-state index contributed by atoms with van der Waals surface area (Å²) in [5.41, 5.74) is 1.11. The predicted octanol–water partition coefficient (Wildman–Crippen LogP) is -10.4. The van der Waals surface area contributed by atoms with Gasteiger partial charge in [-0.25, -0.2) is 9.97 Å². The van der Waals surface area contributed by atoms with Gasteiger partial charge in [0.05, 0.1) is 11.2 Å². The summed E-state index contributed by atoms with van der Waals surface area (Å²) in [5.74, 6) is 0.128. The summed E-state index contributed by atoms with van der Waals surface area (Å²) in [6, 6.07) is 17.0. The van der Waals surface area contributed by atoms with Crippen molar-refractivity contribution in [2.75, 3.05) is 0 Å². The first-order valence-corrected chi connectivity index (χ1v) is 20.5. The van der Waals surface area contributed by atoms with E-state index in [0.717, 1.165) is 10.9 Å². The highest BCUT2D eigenvalue weighted by molar-refractivity contribution is 6.75. The molecule has 22 heteroatoms. The van der Waals surface area contributed by atoms with Crippen molar-refractivity contribution in [1.82, 2.24) is 9.97 Å². The van der Waals surface area contributed by atoms with Crippen molar-refractivity contribution in [3.05, 3.63) is 54.6 Å². The quantitative estimate of drug-likeness (QED) is 0.166. The van der Waals surface area contributed by atoms with Crippen LogP contribution in [0.25, 0.3) is 99.3 Å². The molecule has 8 aromatic carbocycles. The zero-order valence-electron chi connectivity index (χ0n) is 36.0. The molecule has 0 aliphatic heterocycles. The summed E-state index contributed by atoms with van der Waals surface area (Å²) < 4.78 is 6.82. The highest BCUT2D eigenvalue weighted by Crippen LogP contribution is 2.39. The van der Waals surface area contributed by atoms with Gasteiger partial charge in [-0.1, -0.05) is 120 Å². The van der Waals surface area contributed by atoms with Gasteiger partial charge in [-0.05, 0) is 49.8 Å². The normalized spacial score (nSPS) is 11.8. The van der Waals surface area contributed by atoms with Crippen molar-refractivity contribution in [2.24, 2.45) is 0 Å². The number of aromatic nitrogens is 2. The topological polar surface area (TPSA) is 38.9 Å². The molecule has 0 aliphatic carbocycles. The molecule has 38 radical (unpaired) electrons. The monoisotopic (exact) mass is 814 g/mol. The Morgan fingerprint density at radius 3 is 1.25 bits per heavy atom. The van der Waals surface area contributed by atoms with Crippen LogP contribution < -0.4 is 104 Å². The molecule has 0 bridgehead atoms. The van der Waals surface area contributed by atoms with Crippen LogP contribution in [0.3, 0.4) is 0 Å². The molecule has 266 valence electrons. The van der Waals surface area contributed by atoms with E-state index in [0.29, 0.717) is 11.2 Å². The predicted molar refractivity (Wildman–Crippen MR) is 306 cm³/mol. The molecule has 0 spiro atoms. The summed E-state index contributed by atoms with van der Waals surface area (Å²) in [5, 5.41) is 1.84. The van der Waals surface area contributed by atoms with Gasteiger partial charge in [-0.2, -0.15) is 0 Å². The summed E-state index contributed by atoms with van der Waals surface area (Å²) in [7, 11) is 128. The second-order valence-corrected chi connectivity index (χ2v) is 16.5. The van der Waals surface area contributed by atoms with Gasteiger partial charge in [-0.15, -0.1) is 27.3 Å². The van der Waals surface area contributed by atoms with Crippen LogP contribution in [-0.2, 0) is 0 Å². The lowest BCUT2D eigenvalue weighted by Gasteiger charge is -2.30. The molecule has 0 saturated heterocycles. The molecule has 0 amide bonds. The van der Waals surface area contributed by atoms with Crippen LogP contribution in [0.2, 0.25) is 0 Å². The number of rotatable bonds is 4. The van der Waals surface area contributed by atoms with E-state index in [9.17, 15) is 0 Å². The maximum Gasteiger partial charge on any atom is 0.160 e. The molecular weight excluding hydrogens is 802 g/mol. The summed E-state index contributed by atoms with van der Waals surface area (Å²) >= 11 is 0. The van der Waals surface area contributed by atoms with Crippen molar-refractivity contribution < 1.29 is 4.42 Å². The highest BCUT2D eigenvalue weighted by Gasteiger charge is 2.30. The molecule has 3 nitrogen and oxygen atoms in total. The van der Waals surface area contributed by atoms with E-state index in [4.69, 9.17) is 163 Å². The van der Waals surface area contributed by atoms with Crippen LogP contribution in [0.1, 0.15) is 0 Å². The summed E-state index contributed by atoms with van der Waals surface area (Å²) in [4.78, 5) is 10.2. The lowest BCUT2D eigenvalue weighted by Crippen LogP contribution is -2.53. The first-order chi connectivity index (χ1) is 32.2. The number of nitrogens with zero attached hydrogens (tertiary/aromatic N) is 2.